The van der Waals surface area contributed by atoms with Gasteiger partial charge in [0.2, 0.25) is 0 Å². The highest BCUT2D eigenvalue weighted by Gasteiger charge is 2.20. The molecule has 0 saturated carbocycles. The van der Waals surface area contributed by atoms with E-state index in [2.05, 4.69) is 5.32 Å². The third-order valence-corrected chi connectivity index (χ3v) is 6.20. The fourth-order valence-corrected chi connectivity index (χ4v) is 4.25. The van der Waals surface area contributed by atoms with E-state index < -0.39 is 9.84 Å². The van der Waals surface area contributed by atoms with Crippen LogP contribution in [0.3, 0.4) is 0 Å². The van der Waals surface area contributed by atoms with Gasteiger partial charge in [0, 0.05) is 48.3 Å². The number of fused-ring (bicyclic) bond motifs is 1. The maximum absolute atomic E-state index is 12.5. The zero-order valence-electron chi connectivity index (χ0n) is 15.8. The van der Waals surface area contributed by atoms with E-state index in [0.29, 0.717) is 18.6 Å². The van der Waals surface area contributed by atoms with Crippen molar-refractivity contribution in [2.45, 2.75) is 17.4 Å². The van der Waals surface area contributed by atoms with Gasteiger partial charge in [0.1, 0.15) is 0 Å². The molecule has 0 spiro atoms. The molecule has 4 rings (SSSR count). The molecule has 6 nitrogen and oxygen atoms in total. The largest absolute Gasteiger partial charge is 0.379 e. The fraction of sp³-hybridized carbons (Fsp3) is 0.286. The van der Waals surface area contributed by atoms with Crippen LogP contribution in [0.25, 0.3) is 21.9 Å². The van der Waals surface area contributed by atoms with E-state index in [9.17, 15) is 13.2 Å². The molecule has 0 bridgehead atoms. The summed E-state index contributed by atoms with van der Waals surface area (Å²) < 4.78 is 31.3. The number of hydrogen-bond donors (Lipinski definition) is 1. The molecular weight excluding hydrogens is 376 g/mol. The lowest BCUT2D eigenvalue weighted by Crippen LogP contribution is -2.20. The number of benzene rings is 2. The van der Waals surface area contributed by atoms with Crippen LogP contribution in [0.2, 0.25) is 0 Å². The Morgan fingerprint density at radius 3 is 2.54 bits per heavy atom. The molecule has 1 saturated heterocycles. The van der Waals surface area contributed by atoms with Crippen LogP contribution < -0.4 is 10.9 Å². The van der Waals surface area contributed by atoms with Crippen molar-refractivity contribution in [3.8, 4) is 11.1 Å². The van der Waals surface area contributed by atoms with E-state index in [4.69, 9.17) is 4.74 Å². The molecule has 0 radical (unpaired) electrons. The Kier molecular flexibility index (Phi) is 4.72. The van der Waals surface area contributed by atoms with Gasteiger partial charge in [-0.05, 0) is 36.1 Å². The van der Waals surface area contributed by atoms with Gasteiger partial charge >= 0.3 is 0 Å². The highest BCUT2D eigenvalue weighted by molar-refractivity contribution is 7.90. The Hall–Kier alpha value is -2.64. The van der Waals surface area contributed by atoms with Crippen LogP contribution in [0, 0.1) is 0 Å². The van der Waals surface area contributed by atoms with Gasteiger partial charge in [0.05, 0.1) is 17.5 Å². The fourth-order valence-electron chi connectivity index (χ4n) is 3.60. The first-order valence-electron chi connectivity index (χ1n) is 9.12. The van der Waals surface area contributed by atoms with Gasteiger partial charge in [-0.25, -0.2) is 8.42 Å². The molecule has 1 aliphatic heterocycles. The average molecular weight is 398 g/mol. The molecule has 1 atom stereocenters. The molecule has 28 heavy (non-hydrogen) atoms. The number of sulfone groups is 1. The van der Waals surface area contributed by atoms with Crippen LogP contribution >= 0.6 is 0 Å². The Bertz CT molecular complexity index is 1210. The third kappa shape index (κ3) is 3.43. The van der Waals surface area contributed by atoms with Gasteiger partial charge in [-0.1, -0.05) is 18.2 Å². The minimum atomic E-state index is -3.37. The maximum Gasteiger partial charge on any atom is 0.258 e. The van der Waals surface area contributed by atoms with Crippen molar-refractivity contribution in [1.82, 2.24) is 4.57 Å². The minimum Gasteiger partial charge on any atom is -0.379 e. The Morgan fingerprint density at radius 1 is 1.11 bits per heavy atom. The lowest BCUT2D eigenvalue weighted by atomic mass is 9.98. The average Bonchev–Trinajstić information content (AvgIpc) is 3.17. The number of ether oxygens (including phenoxy) is 1. The van der Waals surface area contributed by atoms with Gasteiger partial charge in [-0.3, -0.25) is 4.79 Å². The predicted molar refractivity (Wildman–Crippen MR) is 111 cm³/mol. The molecule has 0 amide bonds. The number of aryl methyl sites for hydroxylation is 1. The molecule has 7 heteroatoms. The van der Waals surface area contributed by atoms with E-state index in [1.165, 1.54) is 10.8 Å². The summed E-state index contributed by atoms with van der Waals surface area (Å²) >= 11 is 0. The van der Waals surface area contributed by atoms with Crippen LogP contribution in [0.4, 0.5) is 5.69 Å². The number of nitrogens with one attached hydrogen (secondary N) is 1. The second kappa shape index (κ2) is 7.07. The van der Waals surface area contributed by atoms with Gasteiger partial charge in [0.25, 0.3) is 5.56 Å². The van der Waals surface area contributed by atoms with Crippen LogP contribution in [-0.4, -0.2) is 38.5 Å². The molecule has 1 aromatic heterocycles. The van der Waals surface area contributed by atoms with Crippen LogP contribution in [-0.2, 0) is 21.6 Å². The van der Waals surface area contributed by atoms with E-state index in [1.54, 1.807) is 37.5 Å². The molecule has 1 fully saturated rings. The van der Waals surface area contributed by atoms with Crippen molar-refractivity contribution in [2.75, 3.05) is 24.8 Å². The SMILES string of the molecule is Cn1cc(-c2cc(S(C)(=O)=O)ccc2NC2CCOC2)c2ccccc2c1=O. The van der Waals surface area contributed by atoms with Crippen molar-refractivity contribution in [3.05, 3.63) is 59.0 Å². The van der Waals surface area contributed by atoms with Gasteiger partial charge in [-0.2, -0.15) is 0 Å². The van der Waals surface area contributed by atoms with Crippen molar-refractivity contribution in [2.24, 2.45) is 7.05 Å². The van der Waals surface area contributed by atoms with Crippen LogP contribution in [0.1, 0.15) is 6.42 Å². The first kappa shape index (κ1) is 18.7. The summed E-state index contributed by atoms with van der Waals surface area (Å²) in [6.45, 7) is 1.32. The topological polar surface area (TPSA) is 77.4 Å². The zero-order chi connectivity index (χ0) is 19.9. The Morgan fingerprint density at radius 2 is 1.86 bits per heavy atom. The number of hydrogen-bond acceptors (Lipinski definition) is 5. The quantitative estimate of drug-likeness (QED) is 0.731. The molecule has 3 aromatic rings. The molecule has 1 N–H and O–H groups in total. The van der Waals surface area contributed by atoms with Crippen molar-refractivity contribution in [3.63, 3.8) is 0 Å². The summed E-state index contributed by atoms with van der Waals surface area (Å²) in [5.41, 5.74) is 2.30. The summed E-state index contributed by atoms with van der Waals surface area (Å²) in [6, 6.07) is 12.6. The standard InChI is InChI=1S/C21H22N2O4S/c1-23-12-19(16-5-3-4-6-17(16)21(23)24)18-11-15(28(2,25)26)7-8-20(18)22-14-9-10-27-13-14/h3-8,11-12,14,22H,9-10,13H2,1-2H3. The molecule has 1 unspecified atom stereocenters. The minimum absolute atomic E-state index is 0.0858. The first-order valence-corrected chi connectivity index (χ1v) is 11.0. The number of nitrogens with zero attached hydrogens (tertiary/aromatic N) is 1. The van der Waals surface area contributed by atoms with E-state index in [-0.39, 0.29) is 16.5 Å². The maximum atomic E-state index is 12.5. The van der Waals surface area contributed by atoms with Crippen LogP contribution in [0.15, 0.2) is 58.4 Å². The number of aromatic nitrogens is 1. The summed E-state index contributed by atoms with van der Waals surface area (Å²) in [4.78, 5) is 12.8. The third-order valence-electron chi connectivity index (χ3n) is 5.09. The molecule has 2 aromatic carbocycles. The molecule has 0 aliphatic carbocycles. The number of anilines is 1. The number of rotatable bonds is 4. The molecular formula is C21H22N2O4S. The molecule has 2 heterocycles. The normalized spacial score (nSPS) is 17.1. The van der Waals surface area contributed by atoms with Crippen molar-refractivity contribution >= 4 is 26.3 Å². The van der Waals surface area contributed by atoms with Crippen molar-refractivity contribution < 1.29 is 13.2 Å². The summed E-state index contributed by atoms with van der Waals surface area (Å²) in [5.74, 6) is 0. The first-order chi connectivity index (χ1) is 13.3. The number of pyridine rings is 1. The summed E-state index contributed by atoms with van der Waals surface area (Å²) in [5, 5.41) is 4.87. The second-order valence-corrected chi connectivity index (χ2v) is 9.20. The van der Waals surface area contributed by atoms with E-state index in [1.807, 2.05) is 18.2 Å². The van der Waals surface area contributed by atoms with Crippen LogP contribution in [0.5, 0.6) is 0 Å². The highest BCUT2D eigenvalue weighted by Crippen LogP contribution is 2.35. The van der Waals surface area contributed by atoms with E-state index >= 15 is 0 Å². The monoisotopic (exact) mass is 398 g/mol. The summed E-state index contributed by atoms with van der Waals surface area (Å²) in [7, 11) is -1.66. The van der Waals surface area contributed by atoms with Crippen molar-refractivity contribution in [1.29, 1.82) is 0 Å². The van der Waals surface area contributed by atoms with E-state index in [0.717, 1.165) is 28.6 Å². The smallest absolute Gasteiger partial charge is 0.258 e. The second-order valence-electron chi connectivity index (χ2n) is 7.19. The van der Waals surface area contributed by atoms with Gasteiger partial charge in [0.15, 0.2) is 9.84 Å². The zero-order valence-corrected chi connectivity index (χ0v) is 16.6. The van der Waals surface area contributed by atoms with Gasteiger partial charge < -0.3 is 14.6 Å². The predicted octanol–water partition coefficient (Wildman–Crippen LogP) is 2.81. The Balaban J connectivity index is 1.98. The van der Waals surface area contributed by atoms with Gasteiger partial charge in [-0.15, -0.1) is 0 Å². The molecule has 146 valence electrons. The lowest BCUT2D eigenvalue weighted by Gasteiger charge is -2.19. The molecule has 1 aliphatic rings. The Labute approximate surface area is 163 Å². The lowest BCUT2D eigenvalue weighted by molar-refractivity contribution is 0.195. The highest BCUT2D eigenvalue weighted by atomic mass is 32.2. The summed E-state index contributed by atoms with van der Waals surface area (Å²) in [6.07, 6.45) is 3.85.